The van der Waals surface area contributed by atoms with E-state index in [9.17, 15) is 0 Å². The molecule has 0 aliphatic carbocycles. The van der Waals surface area contributed by atoms with Crippen LogP contribution in [0.5, 0.6) is 0 Å². The summed E-state index contributed by atoms with van der Waals surface area (Å²) >= 11 is 0. The molecule has 0 atom stereocenters. The van der Waals surface area contributed by atoms with Gasteiger partial charge in [0.15, 0.2) is 6.26 Å². The number of furan rings is 2. The molecule has 3 rings (SSSR count). The lowest BCUT2D eigenvalue weighted by molar-refractivity contribution is 0.556. The van der Waals surface area contributed by atoms with Crippen molar-refractivity contribution in [3.05, 3.63) is 48.9 Å². The zero-order valence-corrected chi connectivity index (χ0v) is 7.36. The predicted molar refractivity (Wildman–Crippen MR) is 52.8 cm³/mol. The molecule has 2 nitrogen and oxygen atoms in total. The first kappa shape index (κ1) is 7.44. The molecule has 3 aromatic rings. The molecule has 1 radical (unpaired) electrons. The van der Waals surface area contributed by atoms with Gasteiger partial charge in [0.25, 0.3) is 0 Å². The molecular formula is C12H7O2. The van der Waals surface area contributed by atoms with Crippen molar-refractivity contribution >= 4 is 11.0 Å². The van der Waals surface area contributed by atoms with Crippen LogP contribution in [0.3, 0.4) is 0 Å². The van der Waals surface area contributed by atoms with Gasteiger partial charge in [-0.05, 0) is 18.2 Å². The molecule has 0 amide bonds. The molecule has 0 saturated heterocycles. The topological polar surface area (TPSA) is 26.3 Å². The van der Waals surface area contributed by atoms with Gasteiger partial charge in [-0.2, -0.15) is 0 Å². The predicted octanol–water partition coefficient (Wildman–Crippen LogP) is 3.49. The fourth-order valence-electron chi connectivity index (χ4n) is 1.48. The first-order valence-corrected chi connectivity index (χ1v) is 4.37. The summed E-state index contributed by atoms with van der Waals surface area (Å²) < 4.78 is 10.5. The second-order valence-corrected chi connectivity index (χ2v) is 3.08. The highest BCUT2D eigenvalue weighted by Gasteiger charge is 2.06. The minimum absolute atomic E-state index is 0.792. The third-order valence-electron chi connectivity index (χ3n) is 2.16. The van der Waals surface area contributed by atoms with Crippen LogP contribution in [0.1, 0.15) is 0 Å². The fraction of sp³-hybridized carbons (Fsp3) is 0. The lowest BCUT2D eigenvalue weighted by atomic mass is 10.2. The SMILES string of the molecule is [c]1occc1-c1cc2ccccc2o1. The summed E-state index contributed by atoms with van der Waals surface area (Å²) in [6.07, 6.45) is 4.33. The molecule has 2 heteroatoms. The maximum Gasteiger partial charge on any atom is 0.180 e. The van der Waals surface area contributed by atoms with Crippen LogP contribution in [0.4, 0.5) is 0 Å². The Morgan fingerprint density at radius 2 is 2.00 bits per heavy atom. The van der Waals surface area contributed by atoms with E-state index in [1.165, 1.54) is 0 Å². The van der Waals surface area contributed by atoms with Gasteiger partial charge >= 0.3 is 0 Å². The zero-order chi connectivity index (χ0) is 9.38. The quantitative estimate of drug-likeness (QED) is 0.577. The van der Waals surface area contributed by atoms with E-state index in [0.717, 1.165) is 22.3 Å². The molecule has 0 N–H and O–H groups in total. The fourth-order valence-corrected chi connectivity index (χ4v) is 1.48. The molecule has 0 bridgehead atoms. The number of para-hydroxylation sites is 1. The Labute approximate surface area is 80.8 Å². The van der Waals surface area contributed by atoms with Crippen molar-refractivity contribution < 1.29 is 8.83 Å². The van der Waals surface area contributed by atoms with E-state index < -0.39 is 0 Å². The van der Waals surface area contributed by atoms with Gasteiger partial charge < -0.3 is 8.83 Å². The number of hydrogen-bond donors (Lipinski definition) is 0. The van der Waals surface area contributed by atoms with Gasteiger partial charge in [0.05, 0.1) is 11.8 Å². The van der Waals surface area contributed by atoms with Gasteiger partial charge in [-0.1, -0.05) is 18.2 Å². The Bertz CT molecular complexity index is 513. The monoisotopic (exact) mass is 183 g/mol. The minimum Gasteiger partial charge on any atom is -0.460 e. The van der Waals surface area contributed by atoms with Crippen LogP contribution in [0, 0.1) is 6.26 Å². The Hall–Kier alpha value is -1.96. The molecule has 0 saturated carbocycles. The van der Waals surface area contributed by atoms with E-state index in [0.29, 0.717) is 0 Å². The molecule has 0 fully saturated rings. The Balaban J connectivity index is 2.24. The Morgan fingerprint density at radius 1 is 1.07 bits per heavy atom. The van der Waals surface area contributed by atoms with Gasteiger partial charge in [0, 0.05) is 5.39 Å². The summed E-state index contributed by atoms with van der Waals surface area (Å²) in [4.78, 5) is 0. The van der Waals surface area contributed by atoms with Crippen molar-refractivity contribution in [3.63, 3.8) is 0 Å². The summed E-state index contributed by atoms with van der Waals surface area (Å²) in [5.74, 6) is 0.792. The van der Waals surface area contributed by atoms with Crippen molar-refractivity contribution in [2.24, 2.45) is 0 Å². The van der Waals surface area contributed by atoms with Crippen molar-refractivity contribution in [2.45, 2.75) is 0 Å². The third kappa shape index (κ3) is 1.04. The average molecular weight is 183 g/mol. The van der Waals surface area contributed by atoms with Crippen LogP contribution >= 0.6 is 0 Å². The lowest BCUT2D eigenvalue weighted by Crippen LogP contribution is -1.62. The third-order valence-corrected chi connectivity index (χ3v) is 2.16. The Morgan fingerprint density at radius 3 is 2.79 bits per heavy atom. The molecule has 67 valence electrons. The Kier molecular flexibility index (Phi) is 1.47. The van der Waals surface area contributed by atoms with Gasteiger partial charge in [0.2, 0.25) is 0 Å². The van der Waals surface area contributed by atoms with Crippen molar-refractivity contribution in [3.8, 4) is 11.3 Å². The van der Waals surface area contributed by atoms with Crippen LogP contribution in [0.15, 0.2) is 51.5 Å². The van der Waals surface area contributed by atoms with Gasteiger partial charge in [-0.3, -0.25) is 0 Å². The maximum absolute atomic E-state index is 5.62. The van der Waals surface area contributed by atoms with E-state index in [1.807, 2.05) is 36.4 Å². The highest BCUT2D eigenvalue weighted by molar-refractivity contribution is 5.82. The second-order valence-electron chi connectivity index (χ2n) is 3.08. The van der Waals surface area contributed by atoms with Gasteiger partial charge in [-0.15, -0.1) is 0 Å². The standard InChI is InChI=1S/C12H7O2/c1-2-4-11-9(3-1)7-12(14-11)10-5-6-13-8-10/h1-7H. The number of benzene rings is 1. The van der Waals surface area contributed by atoms with Crippen molar-refractivity contribution in [1.29, 1.82) is 0 Å². The average Bonchev–Trinajstić information content (AvgIpc) is 2.86. The smallest absolute Gasteiger partial charge is 0.180 e. The van der Waals surface area contributed by atoms with E-state index in [2.05, 4.69) is 6.26 Å². The highest BCUT2D eigenvalue weighted by atomic mass is 16.3. The van der Waals surface area contributed by atoms with Crippen LogP contribution in [-0.4, -0.2) is 0 Å². The number of hydrogen-bond acceptors (Lipinski definition) is 2. The molecule has 1 aromatic carbocycles. The highest BCUT2D eigenvalue weighted by Crippen LogP contribution is 2.27. The molecule has 0 aliphatic rings. The summed E-state index contributed by atoms with van der Waals surface area (Å²) in [5, 5.41) is 1.09. The second kappa shape index (κ2) is 2.77. The van der Waals surface area contributed by atoms with E-state index in [1.54, 1.807) is 6.26 Å². The number of rotatable bonds is 1. The van der Waals surface area contributed by atoms with Crippen LogP contribution in [-0.2, 0) is 0 Å². The zero-order valence-electron chi connectivity index (χ0n) is 7.36. The lowest BCUT2D eigenvalue weighted by Gasteiger charge is -1.85. The van der Waals surface area contributed by atoms with E-state index in [4.69, 9.17) is 8.83 Å². The maximum atomic E-state index is 5.62. The van der Waals surface area contributed by atoms with E-state index >= 15 is 0 Å². The molecule has 0 spiro atoms. The normalized spacial score (nSPS) is 10.9. The van der Waals surface area contributed by atoms with Crippen LogP contribution in [0.2, 0.25) is 0 Å². The molecule has 14 heavy (non-hydrogen) atoms. The summed E-state index contributed by atoms with van der Waals surface area (Å²) in [7, 11) is 0. The largest absolute Gasteiger partial charge is 0.460 e. The molecule has 0 aliphatic heterocycles. The summed E-state index contributed by atoms with van der Waals surface area (Å²) in [6, 6.07) is 11.7. The summed E-state index contributed by atoms with van der Waals surface area (Å²) in [6.45, 7) is 0. The van der Waals surface area contributed by atoms with Gasteiger partial charge in [0.1, 0.15) is 11.3 Å². The first-order valence-electron chi connectivity index (χ1n) is 4.37. The van der Waals surface area contributed by atoms with Crippen LogP contribution < -0.4 is 0 Å². The molecular weight excluding hydrogens is 176 g/mol. The van der Waals surface area contributed by atoms with Crippen LogP contribution in [0.25, 0.3) is 22.3 Å². The minimum atomic E-state index is 0.792. The van der Waals surface area contributed by atoms with E-state index in [-0.39, 0.29) is 0 Å². The van der Waals surface area contributed by atoms with Crippen molar-refractivity contribution in [2.75, 3.05) is 0 Å². The first-order chi connectivity index (χ1) is 6.93. The van der Waals surface area contributed by atoms with Crippen molar-refractivity contribution in [1.82, 2.24) is 0 Å². The van der Waals surface area contributed by atoms with Gasteiger partial charge in [-0.25, -0.2) is 0 Å². The molecule has 0 unspecified atom stereocenters. The number of fused-ring (bicyclic) bond motifs is 1. The summed E-state index contributed by atoms with van der Waals surface area (Å²) in [5.41, 5.74) is 1.73. The molecule has 2 aromatic heterocycles. The molecule has 2 heterocycles.